The van der Waals surface area contributed by atoms with Crippen LogP contribution in [0.2, 0.25) is 0 Å². The van der Waals surface area contributed by atoms with Crippen molar-refractivity contribution < 1.29 is 0 Å². The standard InChI is InChI=1S/C16H23BrN4/c1-11-9-20-7-3-2-4-13(20)10-21(11)15-6-5-12(17)8-14(15)16(18)19/h5-6,8,11,13H,2-4,7,9-10H2,1H3,(H3,18,19). The predicted molar refractivity (Wildman–Crippen MR) is 91.2 cm³/mol. The molecule has 4 nitrogen and oxygen atoms in total. The number of amidine groups is 1. The van der Waals surface area contributed by atoms with Crippen LogP contribution in [0.5, 0.6) is 0 Å². The molecule has 0 spiro atoms. The Morgan fingerprint density at radius 3 is 2.90 bits per heavy atom. The van der Waals surface area contributed by atoms with Gasteiger partial charge in [0, 0.05) is 40.9 Å². The Morgan fingerprint density at radius 1 is 1.33 bits per heavy atom. The van der Waals surface area contributed by atoms with E-state index in [2.05, 4.69) is 38.7 Å². The van der Waals surface area contributed by atoms with Crippen molar-refractivity contribution in [1.82, 2.24) is 4.90 Å². The molecule has 3 rings (SSSR count). The minimum atomic E-state index is 0.143. The fourth-order valence-corrected chi connectivity index (χ4v) is 4.02. The normalized spacial score (nSPS) is 26.5. The Bertz CT molecular complexity index is 545. The second-order valence-corrected chi connectivity index (χ2v) is 7.14. The lowest BCUT2D eigenvalue weighted by atomic mass is 9.96. The number of nitrogen functional groups attached to an aromatic ring is 1. The van der Waals surface area contributed by atoms with E-state index in [1.807, 2.05) is 12.1 Å². The van der Waals surface area contributed by atoms with Crippen molar-refractivity contribution in [2.75, 3.05) is 24.5 Å². The zero-order valence-corrected chi connectivity index (χ0v) is 14.1. The predicted octanol–water partition coefficient (Wildman–Crippen LogP) is 2.80. The van der Waals surface area contributed by atoms with Crippen molar-refractivity contribution in [1.29, 1.82) is 5.41 Å². The number of benzene rings is 1. The van der Waals surface area contributed by atoms with Crippen LogP contribution in [-0.4, -0.2) is 42.5 Å². The highest BCUT2D eigenvalue weighted by atomic mass is 79.9. The maximum absolute atomic E-state index is 7.86. The molecule has 0 bridgehead atoms. The first-order valence-electron chi connectivity index (χ1n) is 7.71. The number of anilines is 1. The third kappa shape index (κ3) is 2.94. The van der Waals surface area contributed by atoms with Crippen LogP contribution in [-0.2, 0) is 0 Å². The number of halogens is 1. The van der Waals surface area contributed by atoms with Crippen molar-refractivity contribution in [3.63, 3.8) is 0 Å². The number of fused-ring (bicyclic) bond motifs is 1. The van der Waals surface area contributed by atoms with Crippen molar-refractivity contribution in [2.24, 2.45) is 5.73 Å². The number of nitrogens with one attached hydrogen (secondary N) is 1. The molecule has 114 valence electrons. The van der Waals surface area contributed by atoms with E-state index in [0.717, 1.165) is 28.8 Å². The van der Waals surface area contributed by atoms with Gasteiger partial charge < -0.3 is 10.6 Å². The number of piperazine rings is 1. The van der Waals surface area contributed by atoms with Gasteiger partial charge in [-0.15, -0.1) is 0 Å². The Labute approximate surface area is 134 Å². The van der Waals surface area contributed by atoms with E-state index in [1.54, 1.807) is 0 Å². The van der Waals surface area contributed by atoms with Crippen LogP contribution in [0.25, 0.3) is 0 Å². The van der Waals surface area contributed by atoms with Crippen LogP contribution in [0.15, 0.2) is 22.7 Å². The molecule has 0 aliphatic carbocycles. The monoisotopic (exact) mass is 350 g/mol. The molecule has 5 heteroatoms. The van der Waals surface area contributed by atoms with E-state index in [1.165, 1.54) is 25.8 Å². The van der Waals surface area contributed by atoms with Crippen molar-refractivity contribution in [3.05, 3.63) is 28.2 Å². The number of hydrogen-bond donors (Lipinski definition) is 2. The smallest absolute Gasteiger partial charge is 0.124 e. The average molecular weight is 351 g/mol. The van der Waals surface area contributed by atoms with E-state index in [9.17, 15) is 0 Å². The van der Waals surface area contributed by atoms with Crippen molar-refractivity contribution in [3.8, 4) is 0 Å². The molecule has 0 saturated carbocycles. The molecule has 2 atom stereocenters. The summed E-state index contributed by atoms with van der Waals surface area (Å²) in [6.45, 7) is 5.67. The lowest BCUT2D eigenvalue weighted by Gasteiger charge is -2.48. The minimum Gasteiger partial charge on any atom is -0.384 e. The van der Waals surface area contributed by atoms with Gasteiger partial charge in [-0.25, -0.2) is 0 Å². The molecule has 21 heavy (non-hydrogen) atoms. The van der Waals surface area contributed by atoms with Gasteiger partial charge >= 0.3 is 0 Å². The SMILES string of the molecule is CC1CN2CCCCC2CN1c1ccc(Br)cc1C(=N)N. The Morgan fingerprint density at radius 2 is 2.14 bits per heavy atom. The molecule has 2 heterocycles. The van der Waals surface area contributed by atoms with Crippen LogP contribution in [0, 0.1) is 5.41 Å². The van der Waals surface area contributed by atoms with Gasteiger partial charge in [0.1, 0.15) is 5.84 Å². The third-order valence-electron chi connectivity index (χ3n) is 4.75. The van der Waals surface area contributed by atoms with E-state index < -0.39 is 0 Å². The van der Waals surface area contributed by atoms with Crippen LogP contribution < -0.4 is 10.6 Å². The molecule has 2 saturated heterocycles. The topological polar surface area (TPSA) is 56.4 Å². The van der Waals surface area contributed by atoms with Crippen LogP contribution >= 0.6 is 15.9 Å². The maximum Gasteiger partial charge on any atom is 0.124 e. The number of piperidine rings is 1. The van der Waals surface area contributed by atoms with Gasteiger partial charge in [-0.3, -0.25) is 10.3 Å². The molecule has 3 N–H and O–H groups in total. The molecule has 2 unspecified atom stereocenters. The summed E-state index contributed by atoms with van der Waals surface area (Å²) >= 11 is 3.48. The molecule has 2 fully saturated rings. The molecular formula is C16H23BrN4. The number of rotatable bonds is 2. The molecule has 1 aromatic carbocycles. The molecule has 2 aliphatic heterocycles. The summed E-state index contributed by atoms with van der Waals surface area (Å²) < 4.78 is 0.973. The van der Waals surface area contributed by atoms with Gasteiger partial charge in [-0.2, -0.15) is 0 Å². The van der Waals surface area contributed by atoms with Crippen LogP contribution in [0.3, 0.4) is 0 Å². The first kappa shape index (κ1) is 14.9. The average Bonchev–Trinajstić information content (AvgIpc) is 2.46. The second-order valence-electron chi connectivity index (χ2n) is 6.22. The molecule has 1 aromatic rings. The highest BCUT2D eigenvalue weighted by molar-refractivity contribution is 9.10. The highest BCUT2D eigenvalue weighted by Gasteiger charge is 2.33. The zero-order chi connectivity index (χ0) is 15.0. The van der Waals surface area contributed by atoms with Gasteiger partial charge in [-0.1, -0.05) is 22.4 Å². The van der Waals surface area contributed by atoms with Gasteiger partial charge in [0.15, 0.2) is 0 Å². The summed E-state index contributed by atoms with van der Waals surface area (Å²) in [5, 5.41) is 7.86. The fourth-order valence-electron chi connectivity index (χ4n) is 3.66. The fraction of sp³-hybridized carbons (Fsp3) is 0.562. The lowest BCUT2D eigenvalue weighted by Crippen LogP contribution is -2.59. The van der Waals surface area contributed by atoms with Gasteiger partial charge in [0.05, 0.1) is 0 Å². The Hall–Kier alpha value is -1.07. The lowest BCUT2D eigenvalue weighted by molar-refractivity contribution is 0.115. The van der Waals surface area contributed by atoms with E-state index >= 15 is 0 Å². The Kier molecular flexibility index (Phi) is 4.22. The first-order chi connectivity index (χ1) is 10.1. The minimum absolute atomic E-state index is 0.143. The number of nitrogens with two attached hydrogens (primary N) is 1. The Balaban J connectivity index is 1.91. The first-order valence-corrected chi connectivity index (χ1v) is 8.50. The van der Waals surface area contributed by atoms with Crippen molar-refractivity contribution in [2.45, 2.75) is 38.3 Å². The summed E-state index contributed by atoms with van der Waals surface area (Å²) in [5.41, 5.74) is 7.73. The molecule has 0 radical (unpaired) electrons. The molecule has 2 aliphatic rings. The van der Waals surface area contributed by atoms with E-state index in [-0.39, 0.29) is 5.84 Å². The number of nitrogens with zero attached hydrogens (tertiary/aromatic N) is 2. The van der Waals surface area contributed by atoms with Crippen molar-refractivity contribution >= 4 is 27.5 Å². The van der Waals surface area contributed by atoms with E-state index in [0.29, 0.717) is 12.1 Å². The highest BCUT2D eigenvalue weighted by Crippen LogP contribution is 2.31. The summed E-state index contributed by atoms with van der Waals surface area (Å²) in [5.74, 6) is 0.143. The largest absolute Gasteiger partial charge is 0.384 e. The zero-order valence-electron chi connectivity index (χ0n) is 12.5. The van der Waals surface area contributed by atoms with E-state index in [4.69, 9.17) is 11.1 Å². The summed E-state index contributed by atoms with van der Waals surface area (Å²) in [6, 6.07) is 7.20. The van der Waals surface area contributed by atoms with Gasteiger partial charge in [0.2, 0.25) is 0 Å². The molecule has 0 aromatic heterocycles. The maximum atomic E-state index is 7.86. The molecular weight excluding hydrogens is 328 g/mol. The van der Waals surface area contributed by atoms with Gasteiger partial charge in [-0.05, 0) is 44.5 Å². The third-order valence-corrected chi connectivity index (χ3v) is 5.24. The number of hydrogen-bond acceptors (Lipinski definition) is 3. The van der Waals surface area contributed by atoms with Crippen LogP contribution in [0.4, 0.5) is 5.69 Å². The summed E-state index contributed by atoms with van der Waals surface area (Å²) in [4.78, 5) is 5.08. The quantitative estimate of drug-likeness (QED) is 0.636. The second kappa shape index (κ2) is 5.97. The summed E-state index contributed by atoms with van der Waals surface area (Å²) in [7, 11) is 0. The van der Waals surface area contributed by atoms with Crippen LogP contribution in [0.1, 0.15) is 31.7 Å². The summed E-state index contributed by atoms with van der Waals surface area (Å²) in [6.07, 6.45) is 3.96. The molecule has 0 amide bonds. The van der Waals surface area contributed by atoms with Gasteiger partial charge in [0.25, 0.3) is 0 Å².